The lowest BCUT2D eigenvalue weighted by Crippen LogP contribution is -1.85. The minimum atomic E-state index is 0.572. The fourth-order valence-electron chi connectivity index (χ4n) is 1.07. The molecule has 0 saturated carbocycles. The molecule has 1 rings (SSSR count). The first-order valence-corrected chi connectivity index (χ1v) is 4.08. The lowest BCUT2D eigenvalue weighted by atomic mass is 10.1. The molecule has 70 valence electrons. The minimum absolute atomic E-state index is 0.572. The molecule has 0 unspecified atom stereocenters. The van der Waals surface area contributed by atoms with Gasteiger partial charge >= 0.3 is 0 Å². The molecule has 2 nitrogen and oxygen atoms in total. The van der Waals surface area contributed by atoms with Gasteiger partial charge in [-0.25, -0.2) is 0 Å². The van der Waals surface area contributed by atoms with Gasteiger partial charge in [0, 0.05) is 5.57 Å². The summed E-state index contributed by atoms with van der Waals surface area (Å²) in [6, 6.07) is 7.22. The molecule has 0 fully saturated rings. The maximum atomic E-state index is 10.3. The summed E-state index contributed by atoms with van der Waals surface area (Å²) in [6.07, 6.45) is 7.30. The maximum Gasteiger partial charge on any atom is 0.144 e. The van der Waals surface area contributed by atoms with Crippen LogP contribution in [0.3, 0.4) is 0 Å². The average molecular weight is 186 g/mol. The van der Waals surface area contributed by atoms with E-state index < -0.39 is 0 Å². The highest BCUT2D eigenvalue weighted by molar-refractivity contribution is 5.88. The van der Waals surface area contributed by atoms with Crippen LogP contribution in [0, 0.1) is 12.3 Å². The average Bonchev–Trinajstić information content (AvgIpc) is 2.26. The summed E-state index contributed by atoms with van der Waals surface area (Å²) >= 11 is 0. The Morgan fingerprint density at radius 1 is 1.43 bits per heavy atom. The largest absolute Gasteiger partial charge is 0.497 e. The normalized spacial score (nSPS) is 10.4. The molecular formula is C12H10O2. The number of carbonyl (C=O) groups excluding carboxylic acids is 1. The van der Waals surface area contributed by atoms with Crippen molar-refractivity contribution in [3.05, 3.63) is 35.9 Å². The Kier molecular flexibility index (Phi) is 3.51. The number of terminal acetylenes is 1. The zero-order valence-electron chi connectivity index (χ0n) is 7.86. The number of carbonyl (C=O) groups is 1. The van der Waals surface area contributed by atoms with Crippen LogP contribution in [0.4, 0.5) is 0 Å². The van der Waals surface area contributed by atoms with Crippen LogP contribution in [0.25, 0.3) is 5.57 Å². The van der Waals surface area contributed by atoms with Crippen molar-refractivity contribution in [2.75, 3.05) is 7.11 Å². The van der Waals surface area contributed by atoms with E-state index in [0.29, 0.717) is 11.9 Å². The Hall–Kier alpha value is -2.01. The van der Waals surface area contributed by atoms with E-state index >= 15 is 0 Å². The van der Waals surface area contributed by atoms with Gasteiger partial charge in [-0.1, -0.05) is 18.1 Å². The van der Waals surface area contributed by atoms with Crippen LogP contribution < -0.4 is 4.74 Å². The number of methoxy groups -OCH3 is 1. The van der Waals surface area contributed by atoms with E-state index in [9.17, 15) is 4.79 Å². The second-order valence-electron chi connectivity index (χ2n) is 2.59. The van der Waals surface area contributed by atoms with E-state index in [-0.39, 0.29) is 0 Å². The highest BCUT2D eigenvalue weighted by Crippen LogP contribution is 2.17. The van der Waals surface area contributed by atoms with Crippen LogP contribution in [0.5, 0.6) is 5.75 Å². The number of aldehydes is 1. The topological polar surface area (TPSA) is 26.3 Å². The van der Waals surface area contributed by atoms with Crippen molar-refractivity contribution >= 4 is 11.9 Å². The predicted molar refractivity (Wildman–Crippen MR) is 55.9 cm³/mol. The number of hydrogen-bond donors (Lipinski definition) is 0. The van der Waals surface area contributed by atoms with Gasteiger partial charge in [0.05, 0.1) is 7.11 Å². The second kappa shape index (κ2) is 4.88. The number of hydrogen-bond acceptors (Lipinski definition) is 2. The van der Waals surface area contributed by atoms with Crippen LogP contribution in [0.1, 0.15) is 5.56 Å². The van der Waals surface area contributed by atoms with Crippen LogP contribution in [0.15, 0.2) is 30.3 Å². The third-order valence-electron chi connectivity index (χ3n) is 1.79. The number of ether oxygens (including phenoxy) is 1. The highest BCUT2D eigenvalue weighted by Gasteiger charge is 1.97. The van der Waals surface area contributed by atoms with Crippen molar-refractivity contribution < 1.29 is 9.53 Å². The summed E-state index contributed by atoms with van der Waals surface area (Å²) in [7, 11) is 1.60. The molecule has 0 aliphatic rings. The zero-order valence-corrected chi connectivity index (χ0v) is 7.86. The monoisotopic (exact) mass is 186 g/mol. The van der Waals surface area contributed by atoms with Gasteiger partial charge in [0.15, 0.2) is 0 Å². The Bertz CT molecular complexity index is 380. The summed E-state index contributed by atoms with van der Waals surface area (Å²) < 4.78 is 5.00. The van der Waals surface area contributed by atoms with Crippen molar-refractivity contribution in [3.8, 4) is 18.1 Å². The molecule has 0 amide bonds. The molecule has 0 bridgehead atoms. The molecule has 0 heterocycles. The fraction of sp³-hybridized carbons (Fsp3) is 0.0833. The predicted octanol–water partition coefficient (Wildman–Crippen LogP) is 1.91. The quantitative estimate of drug-likeness (QED) is 0.409. The van der Waals surface area contributed by atoms with Gasteiger partial charge in [-0.2, -0.15) is 0 Å². The molecule has 2 heteroatoms. The van der Waals surface area contributed by atoms with Gasteiger partial charge in [0.25, 0.3) is 0 Å². The molecule has 0 aromatic heterocycles. The van der Waals surface area contributed by atoms with E-state index in [4.69, 9.17) is 11.2 Å². The van der Waals surface area contributed by atoms with Crippen LogP contribution in [-0.2, 0) is 4.79 Å². The van der Waals surface area contributed by atoms with Crippen LogP contribution in [-0.4, -0.2) is 13.4 Å². The van der Waals surface area contributed by atoms with Gasteiger partial charge in [0.2, 0.25) is 0 Å². The number of benzene rings is 1. The van der Waals surface area contributed by atoms with Crippen molar-refractivity contribution in [2.24, 2.45) is 0 Å². The SMILES string of the molecule is C#CC(=CC=O)c1ccc(OC)cc1. The molecule has 1 aromatic carbocycles. The lowest BCUT2D eigenvalue weighted by Gasteiger charge is -2.01. The molecule has 0 aliphatic heterocycles. The second-order valence-corrected chi connectivity index (χ2v) is 2.59. The van der Waals surface area contributed by atoms with Crippen molar-refractivity contribution in [1.29, 1.82) is 0 Å². The summed E-state index contributed by atoms with van der Waals surface area (Å²) in [5.74, 6) is 3.21. The van der Waals surface area contributed by atoms with Crippen molar-refractivity contribution in [2.45, 2.75) is 0 Å². The zero-order chi connectivity index (χ0) is 10.4. The van der Waals surface area contributed by atoms with Crippen LogP contribution >= 0.6 is 0 Å². The van der Waals surface area contributed by atoms with E-state index in [1.165, 1.54) is 6.08 Å². The minimum Gasteiger partial charge on any atom is -0.497 e. The number of allylic oxidation sites excluding steroid dienone is 2. The highest BCUT2D eigenvalue weighted by atomic mass is 16.5. The van der Waals surface area contributed by atoms with E-state index in [0.717, 1.165) is 11.3 Å². The van der Waals surface area contributed by atoms with Gasteiger partial charge in [-0.05, 0) is 23.8 Å². The molecule has 0 radical (unpaired) electrons. The first kappa shape index (κ1) is 10.1. The van der Waals surface area contributed by atoms with E-state index in [1.54, 1.807) is 19.2 Å². The summed E-state index contributed by atoms with van der Waals surface area (Å²) in [6.45, 7) is 0. The maximum absolute atomic E-state index is 10.3. The Morgan fingerprint density at radius 3 is 2.50 bits per heavy atom. The molecule has 0 atom stereocenters. The molecule has 1 aromatic rings. The standard InChI is InChI=1S/C12H10O2/c1-3-10(8-9-13)11-4-6-12(14-2)7-5-11/h1,4-9H,2H3. The van der Waals surface area contributed by atoms with Gasteiger partial charge in [-0.15, -0.1) is 6.42 Å². The first-order valence-electron chi connectivity index (χ1n) is 4.08. The van der Waals surface area contributed by atoms with Crippen molar-refractivity contribution in [3.63, 3.8) is 0 Å². The van der Waals surface area contributed by atoms with E-state index in [2.05, 4.69) is 5.92 Å². The van der Waals surface area contributed by atoms with Gasteiger partial charge in [-0.3, -0.25) is 4.79 Å². The Balaban J connectivity index is 3.02. The molecule has 0 spiro atoms. The molecule has 0 N–H and O–H groups in total. The molecule has 0 aliphatic carbocycles. The first-order chi connectivity index (χ1) is 6.81. The smallest absolute Gasteiger partial charge is 0.144 e. The summed E-state index contributed by atoms with van der Waals surface area (Å²) in [5, 5.41) is 0. The van der Waals surface area contributed by atoms with Gasteiger partial charge < -0.3 is 4.74 Å². The van der Waals surface area contributed by atoms with Crippen molar-refractivity contribution in [1.82, 2.24) is 0 Å². The summed E-state index contributed by atoms with van der Waals surface area (Å²) in [5.41, 5.74) is 1.41. The third kappa shape index (κ3) is 2.24. The molecular weight excluding hydrogens is 176 g/mol. The summed E-state index contributed by atoms with van der Waals surface area (Å²) in [4.78, 5) is 10.3. The van der Waals surface area contributed by atoms with E-state index in [1.807, 2.05) is 12.1 Å². The van der Waals surface area contributed by atoms with Crippen LogP contribution in [0.2, 0.25) is 0 Å². The molecule has 14 heavy (non-hydrogen) atoms. The number of rotatable bonds is 3. The lowest BCUT2D eigenvalue weighted by molar-refractivity contribution is -0.104. The Labute approximate surface area is 83.2 Å². The molecule has 0 saturated heterocycles. The Morgan fingerprint density at radius 2 is 2.07 bits per heavy atom. The van der Waals surface area contributed by atoms with Gasteiger partial charge in [0.1, 0.15) is 12.0 Å². The fourth-order valence-corrected chi connectivity index (χ4v) is 1.07. The third-order valence-corrected chi connectivity index (χ3v) is 1.79.